The number of nitrogens with zero attached hydrogens (tertiary/aromatic N) is 3. The van der Waals surface area contributed by atoms with Crippen LogP contribution in [0.15, 0.2) is 54.9 Å². The van der Waals surface area contributed by atoms with Crippen molar-refractivity contribution in [3.8, 4) is 16.9 Å². The van der Waals surface area contributed by atoms with Gasteiger partial charge in [-0.15, -0.1) is 0 Å². The van der Waals surface area contributed by atoms with E-state index in [0.717, 1.165) is 30.5 Å². The van der Waals surface area contributed by atoms with E-state index in [-0.39, 0.29) is 11.8 Å². The van der Waals surface area contributed by atoms with Crippen molar-refractivity contribution >= 4 is 29.1 Å². The van der Waals surface area contributed by atoms with Gasteiger partial charge in [-0.3, -0.25) is 4.79 Å². The minimum Gasteiger partial charge on any atom is -0.495 e. The average molecular weight is 437 g/mol. The number of carbonyl (C=O) groups is 1. The van der Waals surface area contributed by atoms with Gasteiger partial charge < -0.3 is 15.0 Å². The van der Waals surface area contributed by atoms with E-state index in [9.17, 15) is 4.79 Å². The van der Waals surface area contributed by atoms with E-state index in [1.54, 1.807) is 25.3 Å². The van der Waals surface area contributed by atoms with Crippen LogP contribution in [-0.2, 0) is 4.79 Å². The normalized spacial score (nSPS) is 16.1. The van der Waals surface area contributed by atoms with Crippen molar-refractivity contribution in [2.24, 2.45) is 5.92 Å². The van der Waals surface area contributed by atoms with Gasteiger partial charge in [0.15, 0.2) is 0 Å². The summed E-state index contributed by atoms with van der Waals surface area (Å²) in [4.78, 5) is 24.0. The van der Waals surface area contributed by atoms with E-state index in [1.165, 1.54) is 5.56 Å². The van der Waals surface area contributed by atoms with Crippen molar-refractivity contribution in [3.63, 3.8) is 0 Å². The van der Waals surface area contributed by atoms with Gasteiger partial charge in [0.1, 0.15) is 5.75 Å². The third-order valence-electron chi connectivity index (χ3n) is 5.52. The Labute approximate surface area is 187 Å². The molecule has 7 heteroatoms. The molecule has 1 aliphatic rings. The predicted octanol–water partition coefficient (Wildman–Crippen LogP) is 4.97. The summed E-state index contributed by atoms with van der Waals surface area (Å²) in [6.45, 7) is 3.48. The number of halogens is 1. The summed E-state index contributed by atoms with van der Waals surface area (Å²) >= 11 is 6.17. The van der Waals surface area contributed by atoms with Crippen LogP contribution in [0.5, 0.6) is 5.75 Å². The average Bonchev–Trinajstić information content (AvgIpc) is 2.80. The molecule has 1 fully saturated rings. The smallest absolute Gasteiger partial charge is 0.229 e. The third-order valence-corrected chi connectivity index (χ3v) is 5.81. The molecule has 2 heterocycles. The molecule has 0 saturated carbocycles. The highest BCUT2D eigenvalue weighted by Gasteiger charge is 2.27. The molecule has 160 valence electrons. The Morgan fingerprint density at radius 3 is 2.55 bits per heavy atom. The van der Waals surface area contributed by atoms with Gasteiger partial charge in [-0.05, 0) is 43.5 Å². The molecule has 0 unspecified atom stereocenters. The van der Waals surface area contributed by atoms with Gasteiger partial charge in [-0.1, -0.05) is 41.4 Å². The van der Waals surface area contributed by atoms with E-state index in [4.69, 9.17) is 16.3 Å². The molecule has 1 aromatic heterocycles. The molecule has 1 aliphatic heterocycles. The fraction of sp³-hybridized carbons (Fsp3) is 0.292. The van der Waals surface area contributed by atoms with Gasteiger partial charge in [0, 0.05) is 36.7 Å². The zero-order valence-electron chi connectivity index (χ0n) is 17.6. The molecular formula is C24H25ClN4O2. The lowest BCUT2D eigenvalue weighted by Crippen LogP contribution is -2.41. The number of methoxy groups -OCH3 is 1. The minimum atomic E-state index is -0.144. The molecule has 1 amide bonds. The number of ether oxygens (including phenoxy) is 1. The lowest BCUT2D eigenvalue weighted by molar-refractivity contribution is -0.120. The Kier molecular flexibility index (Phi) is 6.37. The molecule has 0 aliphatic carbocycles. The number of nitrogens with one attached hydrogen (secondary N) is 1. The van der Waals surface area contributed by atoms with Crippen molar-refractivity contribution in [2.45, 2.75) is 19.8 Å². The number of hydrogen-bond donors (Lipinski definition) is 1. The maximum absolute atomic E-state index is 12.8. The first-order valence-electron chi connectivity index (χ1n) is 10.3. The molecule has 6 nitrogen and oxygen atoms in total. The van der Waals surface area contributed by atoms with Crippen molar-refractivity contribution in [1.82, 2.24) is 9.97 Å². The Hall–Kier alpha value is -3.12. The number of amides is 1. The summed E-state index contributed by atoms with van der Waals surface area (Å²) in [5.74, 6) is 1.06. The maximum atomic E-state index is 12.8. The highest BCUT2D eigenvalue weighted by molar-refractivity contribution is 6.32. The first-order valence-corrected chi connectivity index (χ1v) is 10.7. The molecule has 1 N–H and O–H groups in total. The van der Waals surface area contributed by atoms with Gasteiger partial charge >= 0.3 is 0 Å². The van der Waals surface area contributed by atoms with Crippen LogP contribution in [0.1, 0.15) is 18.4 Å². The van der Waals surface area contributed by atoms with Crippen molar-refractivity contribution < 1.29 is 9.53 Å². The lowest BCUT2D eigenvalue weighted by atomic mass is 9.97. The zero-order chi connectivity index (χ0) is 21.8. The molecular weight excluding hydrogens is 412 g/mol. The number of anilines is 2. The molecule has 0 bridgehead atoms. The van der Waals surface area contributed by atoms with Crippen LogP contribution in [0.3, 0.4) is 0 Å². The minimum absolute atomic E-state index is 0.0257. The summed E-state index contributed by atoms with van der Waals surface area (Å²) in [5.41, 5.74) is 3.94. The Morgan fingerprint density at radius 1 is 1.13 bits per heavy atom. The van der Waals surface area contributed by atoms with Gasteiger partial charge in [0.2, 0.25) is 11.9 Å². The van der Waals surface area contributed by atoms with E-state index in [0.29, 0.717) is 29.0 Å². The van der Waals surface area contributed by atoms with E-state index in [1.807, 2.05) is 12.4 Å². The highest BCUT2D eigenvalue weighted by atomic mass is 35.5. The van der Waals surface area contributed by atoms with Gasteiger partial charge in [-0.25, -0.2) is 9.97 Å². The first-order chi connectivity index (χ1) is 15.0. The third kappa shape index (κ3) is 4.97. The van der Waals surface area contributed by atoms with Crippen molar-refractivity contribution in [3.05, 3.63) is 65.4 Å². The predicted molar refractivity (Wildman–Crippen MR) is 124 cm³/mol. The van der Waals surface area contributed by atoms with E-state index < -0.39 is 0 Å². The Morgan fingerprint density at radius 2 is 1.87 bits per heavy atom. The molecule has 1 saturated heterocycles. The van der Waals surface area contributed by atoms with Crippen LogP contribution in [0.4, 0.5) is 11.6 Å². The van der Waals surface area contributed by atoms with Gasteiger partial charge in [0.05, 0.1) is 18.1 Å². The second-order valence-electron chi connectivity index (χ2n) is 7.76. The van der Waals surface area contributed by atoms with Crippen LogP contribution >= 0.6 is 11.6 Å². The number of hydrogen-bond acceptors (Lipinski definition) is 5. The molecule has 0 spiro atoms. The zero-order valence-corrected chi connectivity index (χ0v) is 18.4. The molecule has 1 atom stereocenters. The van der Waals surface area contributed by atoms with Crippen LogP contribution in [0, 0.1) is 12.8 Å². The SMILES string of the molecule is COc1ccc(NC(=O)[C@H]2CCCN(c3ncc(-c4ccc(C)cc4)cn3)C2)cc1Cl. The summed E-state index contributed by atoms with van der Waals surface area (Å²) in [6, 6.07) is 13.5. The van der Waals surface area contributed by atoms with Gasteiger partial charge in [-0.2, -0.15) is 0 Å². The summed E-state index contributed by atoms with van der Waals surface area (Å²) in [5, 5.41) is 3.43. The van der Waals surface area contributed by atoms with Gasteiger partial charge in [0.25, 0.3) is 0 Å². The number of piperidine rings is 1. The van der Waals surface area contributed by atoms with Crippen molar-refractivity contribution in [2.75, 3.05) is 30.4 Å². The number of carbonyl (C=O) groups excluding carboxylic acids is 1. The second-order valence-corrected chi connectivity index (χ2v) is 8.17. The number of rotatable bonds is 5. The lowest BCUT2D eigenvalue weighted by Gasteiger charge is -2.32. The summed E-state index contributed by atoms with van der Waals surface area (Å²) < 4.78 is 5.16. The maximum Gasteiger partial charge on any atom is 0.229 e. The van der Waals surface area contributed by atoms with Crippen molar-refractivity contribution in [1.29, 1.82) is 0 Å². The highest BCUT2D eigenvalue weighted by Crippen LogP contribution is 2.28. The molecule has 4 rings (SSSR count). The van der Waals surface area contributed by atoms with Crippen LogP contribution in [-0.4, -0.2) is 36.1 Å². The largest absolute Gasteiger partial charge is 0.495 e. The first kappa shape index (κ1) is 21.1. The quantitative estimate of drug-likeness (QED) is 0.611. The van der Waals surface area contributed by atoms with Crippen LogP contribution in [0.2, 0.25) is 5.02 Å². The molecule has 31 heavy (non-hydrogen) atoms. The summed E-state index contributed by atoms with van der Waals surface area (Å²) in [7, 11) is 1.56. The topological polar surface area (TPSA) is 67.3 Å². The molecule has 0 radical (unpaired) electrons. The number of aryl methyl sites for hydroxylation is 1. The van der Waals surface area contributed by atoms with Crippen LogP contribution in [0.25, 0.3) is 11.1 Å². The second kappa shape index (κ2) is 9.35. The Bertz CT molecular complexity index is 1050. The number of aromatic nitrogens is 2. The van der Waals surface area contributed by atoms with Crippen LogP contribution < -0.4 is 15.0 Å². The summed E-state index contributed by atoms with van der Waals surface area (Å²) in [6.07, 6.45) is 5.42. The monoisotopic (exact) mass is 436 g/mol. The van der Waals surface area contributed by atoms with E-state index >= 15 is 0 Å². The fourth-order valence-corrected chi connectivity index (χ4v) is 4.00. The Balaban J connectivity index is 1.41. The molecule has 3 aromatic rings. The fourth-order valence-electron chi connectivity index (χ4n) is 3.74. The molecule has 2 aromatic carbocycles. The number of benzene rings is 2. The standard InChI is InChI=1S/C24H25ClN4O2/c1-16-5-7-17(8-6-16)19-13-26-24(27-14-19)29-11-3-4-18(15-29)23(30)28-20-9-10-22(31-2)21(25)12-20/h5-10,12-14,18H,3-4,11,15H2,1-2H3,(H,28,30)/t18-/m0/s1. The van der Waals surface area contributed by atoms with E-state index in [2.05, 4.69) is 51.4 Å².